The molecule has 0 radical (unpaired) electrons. The number of rotatable bonds is 4. The smallest absolute Gasteiger partial charge is 0.214 e. The van der Waals surface area contributed by atoms with E-state index in [2.05, 4.69) is 17.2 Å². The molecule has 1 aliphatic rings. The van der Waals surface area contributed by atoms with Crippen molar-refractivity contribution in [2.75, 3.05) is 19.0 Å². The van der Waals surface area contributed by atoms with E-state index in [4.69, 9.17) is 4.74 Å². The molecule has 16 heavy (non-hydrogen) atoms. The summed E-state index contributed by atoms with van der Waals surface area (Å²) in [7, 11) is 1.64. The minimum atomic E-state index is 0.671. The molecule has 1 aromatic heterocycles. The Kier molecular flexibility index (Phi) is 3.65. The standard InChI is InChI=1S/C13H20N2O/c1-10-5-3-6-11(10)9-14-12-7-4-8-13(15-12)16-2/h4,7-8,10-11H,3,5-6,9H2,1-2H3,(H,14,15). The molecule has 3 heteroatoms. The molecule has 1 aliphatic carbocycles. The minimum Gasteiger partial charge on any atom is -0.481 e. The van der Waals surface area contributed by atoms with Gasteiger partial charge in [-0.05, 0) is 24.3 Å². The van der Waals surface area contributed by atoms with Crippen molar-refractivity contribution >= 4 is 5.82 Å². The van der Waals surface area contributed by atoms with Crippen LogP contribution in [0.25, 0.3) is 0 Å². The fourth-order valence-electron chi connectivity index (χ4n) is 2.39. The summed E-state index contributed by atoms with van der Waals surface area (Å²) in [5.41, 5.74) is 0. The van der Waals surface area contributed by atoms with Crippen LogP contribution in [0.5, 0.6) is 5.88 Å². The number of methoxy groups -OCH3 is 1. The van der Waals surface area contributed by atoms with Crippen molar-refractivity contribution in [1.29, 1.82) is 0 Å². The quantitative estimate of drug-likeness (QED) is 0.847. The van der Waals surface area contributed by atoms with Gasteiger partial charge in [0.15, 0.2) is 0 Å². The Hall–Kier alpha value is -1.25. The molecule has 1 saturated carbocycles. The van der Waals surface area contributed by atoms with Crippen LogP contribution in [0.4, 0.5) is 5.82 Å². The molecule has 0 saturated heterocycles. The van der Waals surface area contributed by atoms with Crippen LogP contribution in [-0.2, 0) is 0 Å². The fraction of sp³-hybridized carbons (Fsp3) is 0.615. The van der Waals surface area contributed by atoms with Gasteiger partial charge < -0.3 is 10.1 Å². The number of aromatic nitrogens is 1. The molecular weight excluding hydrogens is 200 g/mol. The van der Waals surface area contributed by atoms with Crippen LogP contribution in [0, 0.1) is 11.8 Å². The Morgan fingerprint density at radius 3 is 3.00 bits per heavy atom. The second kappa shape index (κ2) is 5.19. The molecule has 2 unspecified atom stereocenters. The Labute approximate surface area is 97.2 Å². The van der Waals surface area contributed by atoms with Crippen LogP contribution in [0.3, 0.4) is 0 Å². The third kappa shape index (κ3) is 2.65. The topological polar surface area (TPSA) is 34.1 Å². The molecule has 1 fully saturated rings. The van der Waals surface area contributed by atoms with Crippen molar-refractivity contribution < 1.29 is 4.74 Å². The van der Waals surface area contributed by atoms with Crippen LogP contribution < -0.4 is 10.1 Å². The van der Waals surface area contributed by atoms with Crippen LogP contribution in [-0.4, -0.2) is 18.6 Å². The molecule has 0 aromatic carbocycles. The van der Waals surface area contributed by atoms with E-state index in [0.29, 0.717) is 5.88 Å². The Bertz CT molecular complexity index is 340. The van der Waals surface area contributed by atoms with Crippen molar-refractivity contribution in [3.05, 3.63) is 18.2 Å². The van der Waals surface area contributed by atoms with E-state index in [1.807, 2.05) is 18.2 Å². The molecule has 0 spiro atoms. The zero-order valence-electron chi connectivity index (χ0n) is 10.1. The largest absolute Gasteiger partial charge is 0.481 e. The molecule has 3 nitrogen and oxygen atoms in total. The monoisotopic (exact) mass is 220 g/mol. The van der Waals surface area contributed by atoms with Gasteiger partial charge in [0.25, 0.3) is 0 Å². The number of nitrogens with one attached hydrogen (secondary N) is 1. The Morgan fingerprint density at radius 1 is 1.44 bits per heavy atom. The summed E-state index contributed by atoms with van der Waals surface area (Å²) in [6.45, 7) is 3.37. The van der Waals surface area contributed by atoms with E-state index < -0.39 is 0 Å². The van der Waals surface area contributed by atoms with E-state index in [-0.39, 0.29) is 0 Å². The van der Waals surface area contributed by atoms with Crippen LogP contribution >= 0.6 is 0 Å². The zero-order chi connectivity index (χ0) is 11.4. The highest BCUT2D eigenvalue weighted by atomic mass is 16.5. The van der Waals surface area contributed by atoms with E-state index in [1.165, 1.54) is 19.3 Å². The Balaban J connectivity index is 1.88. The Morgan fingerprint density at radius 2 is 2.31 bits per heavy atom. The molecule has 0 amide bonds. The normalized spacial score (nSPS) is 24.4. The summed E-state index contributed by atoms with van der Waals surface area (Å²) in [6.07, 6.45) is 4.09. The van der Waals surface area contributed by atoms with E-state index in [9.17, 15) is 0 Å². The van der Waals surface area contributed by atoms with Gasteiger partial charge in [-0.25, -0.2) is 0 Å². The summed E-state index contributed by atoms with van der Waals surface area (Å²) in [5.74, 6) is 3.23. The van der Waals surface area contributed by atoms with Gasteiger partial charge >= 0.3 is 0 Å². The van der Waals surface area contributed by atoms with Gasteiger partial charge in [-0.1, -0.05) is 25.8 Å². The summed E-state index contributed by atoms with van der Waals surface area (Å²) < 4.78 is 5.10. The molecule has 1 N–H and O–H groups in total. The average Bonchev–Trinajstić information content (AvgIpc) is 2.72. The summed E-state index contributed by atoms with van der Waals surface area (Å²) in [4.78, 5) is 4.34. The first-order chi connectivity index (χ1) is 7.79. The number of nitrogens with zero attached hydrogens (tertiary/aromatic N) is 1. The second-order valence-corrected chi connectivity index (χ2v) is 4.61. The third-order valence-corrected chi connectivity index (χ3v) is 3.52. The van der Waals surface area contributed by atoms with Crippen LogP contribution in [0.2, 0.25) is 0 Å². The summed E-state index contributed by atoms with van der Waals surface area (Å²) >= 11 is 0. The van der Waals surface area contributed by atoms with Crippen molar-refractivity contribution in [1.82, 2.24) is 4.98 Å². The van der Waals surface area contributed by atoms with Crippen LogP contribution in [0.1, 0.15) is 26.2 Å². The average molecular weight is 220 g/mol. The first-order valence-electron chi connectivity index (χ1n) is 6.04. The lowest BCUT2D eigenvalue weighted by molar-refractivity contribution is 0.398. The summed E-state index contributed by atoms with van der Waals surface area (Å²) in [6, 6.07) is 5.82. The molecule has 0 aliphatic heterocycles. The predicted octanol–water partition coefficient (Wildman–Crippen LogP) is 2.94. The van der Waals surface area contributed by atoms with Crippen molar-refractivity contribution in [2.24, 2.45) is 11.8 Å². The fourth-order valence-corrected chi connectivity index (χ4v) is 2.39. The summed E-state index contributed by atoms with van der Waals surface area (Å²) in [5, 5.41) is 3.40. The van der Waals surface area contributed by atoms with Gasteiger partial charge in [0.1, 0.15) is 5.82 Å². The van der Waals surface area contributed by atoms with Crippen LogP contribution in [0.15, 0.2) is 18.2 Å². The van der Waals surface area contributed by atoms with Gasteiger partial charge in [0.2, 0.25) is 5.88 Å². The van der Waals surface area contributed by atoms with Gasteiger partial charge in [-0.2, -0.15) is 4.98 Å². The number of anilines is 1. The minimum absolute atomic E-state index is 0.671. The zero-order valence-corrected chi connectivity index (χ0v) is 10.1. The maximum Gasteiger partial charge on any atom is 0.214 e. The lowest BCUT2D eigenvalue weighted by atomic mass is 9.98. The maximum atomic E-state index is 5.10. The predicted molar refractivity (Wildman–Crippen MR) is 65.8 cm³/mol. The van der Waals surface area contributed by atoms with E-state index in [0.717, 1.165) is 24.2 Å². The molecule has 0 bridgehead atoms. The molecule has 2 atom stereocenters. The number of hydrogen-bond donors (Lipinski definition) is 1. The van der Waals surface area contributed by atoms with Gasteiger partial charge in [-0.15, -0.1) is 0 Å². The maximum absolute atomic E-state index is 5.10. The highest BCUT2D eigenvalue weighted by Gasteiger charge is 2.22. The highest BCUT2D eigenvalue weighted by Crippen LogP contribution is 2.31. The van der Waals surface area contributed by atoms with Crippen molar-refractivity contribution in [2.45, 2.75) is 26.2 Å². The highest BCUT2D eigenvalue weighted by molar-refractivity contribution is 5.37. The lowest BCUT2D eigenvalue weighted by Crippen LogP contribution is -2.17. The van der Waals surface area contributed by atoms with Gasteiger partial charge in [0.05, 0.1) is 7.11 Å². The lowest BCUT2D eigenvalue weighted by Gasteiger charge is -2.16. The molecule has 1 aromatic rings. The molecule has 2 rings (SSSR count). The first-order valence-corrected chi connectivity index (χ1v) is 6.04. The van der Waals surface area contributed by atoms with Crippen molar-refractivity contribution in [3.63, 3.8) is 0 Å². The van der Waals surface area contributed by atoms with Gasteiger partial charge in [-0.3, -0.25) is 0 Å². The molecular formula is C13H20N2O. The first kappa shape index (κ1) is 11.2. The number of pyridine rings is 1. The number of hydrogen-bond acceptors (Lipinski definition) is 3. The molecule has 1 heterocycles. The third-order valence-electron chi connectivity index (χ3n) is 3.52. The van der Waals surface area contributed by atoms with E-state index >= 15 is 0 Å². The van der Waals surface area contributed by atoms with Crippen molar-refractivity contribution in [3.8, 4) is 5.88 Å². The molecule has 88 valence electrons. The SMILES string of the molecule is COc1cccc(NCC2CCCC2C)n1. The van der Waals surface area contributed by atoms with E-state index in [1.54, 1.807) is 7.11 Å². The second-order valence-electron chi connectivity index (χ2n) is 4.61. The van der Waals surface area contributed by atoms with Gasteiger partial charge in [0, 0.05) is 12.6 Å². The number of ether oxygens (including phenoxy) is 1.